The lowest BCUT2D eigenvalue weighted by molar-refractivity contribution is 0.866. The first-order valence-electron chi connectivity index (χ1n) is 4.42. The molecule has 0 saturated carbocycles. The summed E-state index contributed by atoms with van der Waals surface area (Å²) in [6, 6.07) is 4.10. The fourth-order valence-corrected chi connectivity index (χ4v) is 1.47. The van der Waals surface area contributed by atoms with Gasteiger partial charge in [0.2, 0.25) is 0 Å². The van der Waals surface area contributed by atoms with Crippen molar-refractivity contribution in [1.82, 2.24) is 9.97 Å². The minimum absolute atomic E-state index is 0.423. The molecule has 0 saturated heterocycles. The average molecular weight is 175 g/mol. The maximum atomic E-state index is 5.82. The van der Waals surface area contributed by atoms with Gasteiger partial charge in [0.25, 0.3) is 0 Å². The fourth-order valence-electron chi connectivity index (χ4n) is 1.47. The van der Waals surface area contributed by atoms with Gasteiger partial charge in [-0.25, -0.2) is 4.98 Å². The maximum Gasteiger partial charge on any atom is 0.139 e. The van der Waals surface area contributed by atoms with Crippen molar-refractivity contribution < 1.29 is 0 Å². The molecular weight excluding hydrogens is 162 g/mol. The van der Waals surface area contributed by atoms with E-state index in [0.717, 1.165) is 16.6 Å². The first kappa shape index (κ1) is 8.10. The van der Waals surface area contributed by atoms with Crippen LogP contribution in [0.1, 0.15) is 25.3 Å². The van der Waals surface area contributed by atoms with Gasteiger partial charge in [0.05, 0.1) is 0 Å². The SMILES string of the molecule is CC(C)c1cc2cc[nH]c2nc1N. The van der Waals surface area contributed by atoms with Crippen molar-refractivity contribution in [3.8, 4) is 0 Å². The van der Waals surface area contributed by atoms with Crippen LogP contribution in [0.5, 0.6) is 0 Å². The molecule has 68 valence electrons. The Hall–Kier alpha value is -1.51. The van der Waals surface area contributed by atoms with Crippen LogP contribution >= 0.6 is 0 Å². The minimum atomic E-state index is 0.423. The van der Waals surface area contributed by atoms with E-state index in [1.807, 2.05) is 12.3 Å². The smallest absolute Gasteiger partial charge is 0.139 e. The van der Waals surface area contributed by atoms with Crippen LogP contribution in [-0.2, 0) is 0 Å². The predicted octanol–water partition coefficient (Wildman–Crippen LogP) is 2.27. The molecule has 3 heteroatoms. The lowest BCUT2D eigenvalue weighted by Crippen LogP contribution is -1.99. The fraction of sp³-hybridized carbons (Fsp3) is 0.300. The minimum Gasteiger partial charge on any atom is -0.383 e. The highest BCUT2D eigenvalue weighted by molar-refractivity contribution is 5.78. The van der Waals surface area contributed by atoms with E-state index in [4.69, 9.17) is 5.73 Å². The molecule has 0 radical (unpaired) electrons. The van der Waals surface area contributed by atoms with Crippen molar-refractivity contribution in [2.75, 3.05) is 5.73 Å². The van der Waals surface area contributed by atoms with E-state index < -0.39 is 0 Å². The first-order valence-corrected chi connectivity index (χ1v) is 4.42. The van der Waals surface area contributed by atoms with E-state index in [1.165, 1.54) is 0 Å². The van der Waals surface area contributed by atoms with Gasteiger partial charge in [-0.2, -0.15) is 0 Å². The molecule has 3 nitrogen and oxygen atoms in total. The number of rotatable bonds is 1. The van der Waals surface area contributed by atoms with Crippen LogP contribution in [-0.4, -0.2) is 9.97 Å². The summed E-state index contributed by atoms with van der Waals surface area (Å²) in [5.74, 6) is 1.05. The Labute approximate surface area is 77.0 Å². The summed E-state index contributed by atoms with van der Waals surface area (Å²) in [7, 11) is 0. The van der Waals surface area contributed by atoms with Crippen LogP contribution in [0.25, 0.3) is 11.0 Å². The molecule has 0 unspecified atom stereocenters. The zero-order valence-corrected chi connectivity index (χ0v) is 7.83. The molecule has 0 spiro atoms. The number of pyridine rings is 1. The van der Waals surface area contributed by atoms with Gasteiger partial charge < -0.3 is 10.7 Å². The monoisotopic (exact) mass is 175 g/mol. The lowest BCUT2D eigenvalue weighted by atomic mass is 10.0. The van der Waals surface area contributed by atoms with Crippen molar-refractivity contribution in [2.24, 2.45) is 0 Å². The molecule has 0 bridgehead atoms. The van der Waals surface area contributed by atoms with Crippen molar-refractivity contribution in [3.05, 3.63) is 23.9 Å². The zero-order chi connectivity index (χ0) is 9.42. The number of nitrogens with one attached hydrogen (secondary N) is 1. The Bertz CT molecular complexity index is 429. The van der Waals surface area contributed by atoms with Crippen LogP contribution in [0, 0.1) is 0 Å². The molecule has 0 aromatic carbocycles. The second kappa shape index (κ2) is 2.76. The van der Waals surface area contributed by atoms with Crippen molar-refractivity contribution in [2.45, 2.75) is 19.8 Å². The molecule has 0 aliphatic carbocycles. The number of hydrogen-bond acceptors (Lipinski definition) is 2. The number of anilines is 1. The number of nitrogens with zero attached hydrogens (tertiary/aromatic N) is 1. The number of nitrogens with two attached hydrogens (primary N) is 1. The number of fused-ring (bicyclic) bond motifs is 1. The Morgan fingerprint density at radius 1 is 1.46 bits per heavy atom. The number of nitrogen functional groups attached to an aromatic ring is 1. The van der Waals surface area contributed by atoms with Crippen molar-refractivity contribution >= 4 is 16.9 Å². The van der Waals surface area contributed by atoms with Crippen LogP contribution in [0.2, 0.25) is 0 Å². The maximum absolute atomic E-state index is 5.82. The standard InChI is InChI=1S/C10H13N3/c1-6(2)8-5-7-3-4-12-10(7)13-9(8)11/h3-6H,1-2H3,(H3,11,12,13). The molecule has 2 aromatic heterocycles. The Morgan fingerprint density at radius 3 is 2.92 bits per heavy atom. The van der Waals surface area contributed by atoms with Gasteiger partial charge in [-0.3, -0.25) is 0 Å². The molecule has 0 aliphatic heterocycles. The first-order chi connectivity index (χ1) is 6.18. The number of aromatic nitrogens is 2. The number of H-pyrrole nitrogens is 1. The molecule has 3 N–H and O–H groups in total. The molecule has 0 atom stereocenters. The lowest BCUT2D eigenvalue weighted by Gasteiger charge is -2.07. The molecule has 13 heavy (non-hydrogen) atoms. The van der Waals surface area contributed by atoms with Crippen LogP contribution in [0.3, 0.4) is 0 Å². The molecule has 0 fully saturated rings. The molecule has 2 aromatic rings. The summed E-state index contributed by atoms with van der Waals surface area (Å²) in [5.41, 5.74) is 7.80. The van der Waals surface area contributed by atoms with Gasteiger partial charge in [0.1, 0.15) is 11.5 Å². The van der Waals surface area contributed by atoms with Gasteiger partial charge in [-0.15, -0.1) is 0 Å². The summed E-state index contributed by atoms with van der Waals surface area (Å²) in [6.07, 6.45) is 1.88. The molecule has 2 rings (SSSR count). The van der Waals surface area contributed by atoms with Crippen molar-refractivity contribution in [3.63, 3.8) is 0 Å². The highest BCUT2D eigenvalue weighted by atomic mass is 14.9. The Kier molecular flexibility index (Phi) is 1.72. The van der Waals surface area contributed by atoms with E-state index in [1.54, 1.807) is 0 Å². The average Bonchev–Trinajstić information content (AvgIpc) is 2.48. The second-order valence-electron chi connectivity index (χ2n) is 3.53. The molecule has 0 aliphatic rings. The number of hydrogen-bond donors (Lipinski definition) is 2. The Balaban J connectivity index is 2.69. The summed E-state index contributed by atoms with van der Waals surface area (Å²) in [5, 5.41) is 1.12. The van der Waals surface area contributed by atoms with E-state index >= 15 is 0 Å². The quantitative estimate of drug-likeness (QED) is 0.698. The van der Waals surface area contributed by atoms with Gasteiger partial charge in [-0.05, 0) is 23.6 Å². The van der Waals surface area contributed by atoms with E-state index in [9.17, 15) is 0 Å². The third kappa shape index (κ3) is 1.26. The summed E-state index contributed by atoms with van der Waals surface area (Å²) >= 11 is 0. The Morgan fingerprint density at radius 2 is 2.23 bits per heavy atom. The second-order valence-corrected chi connectivity index (χ2v) is 3.53. The van der Waals surface area contributed by atoms with E-state index in [0.29, 0.717) is 11.7 Å². The largest absolute Gasteiger partial charge is 0.383 e. The molecule has 2 heterocycles. The van der Waals surface area contributed by atoms with Crippen molar-refractivity contribution in [1.29, 1.82) is 0 Å². The summed E-state index contributed by atoms with van der Waals surface area (Å²) in [6.45, 7) is 4.23. The van der Waals surface area contributed by atoms with Gasteiger partial charge in [0.15, 0.2) is 0 Å². The number of aromatic amines is 1. The van der Waals surface area contributed by atoms with E-state index in [2.05, 4.69) is 29.9 Å². The third-order valence-corrected chi connectivity index (χ3v) is 2.22. The highest BCUT2D eigenvalue weighted by Crippen LogP contribution is 2.23. The predicted molar refractivity (Wildman–Crippen MR) is 54.6 cm³/mol. The van der Waals surface area contributed by atoms with Crippen LogP contribution in [0.15, 0.2) is 18.3 Å². The zero-order valence-electron chi connectivity index (χ0n) is 7.83. The van der Waals surface area contributed by atoms with Crippen LogP contribution in [0.4, 0.5) is 5.82 Å². The normalized spacial score (nSPS) is 11.3. The summed E-state index contributed by atoms with van der Waals surface area (Å²) < 4.78 is 0. The van der Waals surface area contributed by atoms with Crippen LogP contribution < -0.4 is 5.73 Å². The van der Waals surface area contributed by atoms with Gasteiger partial charge in [0, 0.05) is 11.6 Å². The third-order valence-electron chi connectivity index (χ3n) is 2.22. The topological polar surface area (TPSA) is 54.7 Å². The van der Waals surface area contributed by atoms with Gasteiger partial charge >= 0.3 is 0 Å². The molecule has 0 amide bonds. The molecular formula is C10H13N3. The summed E-state index contributed by atoms with van der Waals surface area (Å²) in [4.78, 5) is 7.31. The van der Waals surface area contributed by atoms with Gasteiger partial charge in [-0.1, -0.05) is 13.8 Å². The van der Waals surface area contributed by atoms with E-state index in [-0.39, 0.29) is 0 Å². The highest BCUT2D eigenvalue weighted by Gasteiger charge is 2.07.